The SMILES string of the molecule is Cc1cn2c(n1)sc1cc(C#N)ccc12. The first-order valence-corrected chi connectivity index (χ1v) is 5.38. The summed E-state index contributed by atoms with van der Waals surface area (Å²) in [5.74, 6) is 0. The van der Waals surface area contributed by atoms with Crippen LogP contribution in [0.1, 0.15) is 11.3 Å². The van der Waals surface area contributed by atoms with Gasteiger partial charge >= 0.3 is 0 Å². The predicted octanol–water partition coefficient (Wildman–Crippen LogP) is 2.73. The maximum absolute atomic E-state index is 8.80. The van der Waals surface area contributed by atoms with Gasteiger partial charge in [0.25, 0.3) is 0 Å². The third-order valence-electron chi connectivity index (χ3n) is 2.34. The van der Waals surface area contributed by atoms with Crippen LogP contribution in [0.4, 0.5) is 0 Å². The molecule has 0 amide bonds. The number of nitrogens with zero attached hydrogens (tertiary/aromatic N) is 3. The van der Waals surface area contributed by atoms with Gasteiger partial charge in [-0.15, -0.1) is 0 Å². The van der Waals surface area contributed by atoms with Crippen LogP contribution in [0.25, 0.3) is 15.2 Å². The number of hydrogen-bond donors (Lipinski definition) is 0. The van der Waals surface area contributed by atoms with E-state index in [4.69, 9.17) is 5.26 Å². The molecule has 0 spiro atoms. The Balaban J connectivity index is 2.46. The van der Waals surface area contributed by atoms with Gasteiger partial charge in [-0.2, -0.15) is 5.26 Å². The minimum atomic E-state index is 0.698. The first-order valence-electron chi connectivity index (χ1n) is 4.56. The highest BCUT2D eigenvalue weighted by molar-refractivity contribution is 7.23. The molecule has 0 aliphatic rings. The molecule has 0 bridgehead atoms. The fourth-order valence-electron chi connectivity index (χ4n) is 1.68. The molecule has 15 heavy (non-hydrogen) atoms. The molecule has 0 saturated carbocycles. The average molecular weight is 213 g/mol. The third kappa shape index (κ3) is 1.14. The lowest BCUT2D eigenvalue weighted by atomic mass is 10.2. The molecule has 0 aliphatic heterocycles. The standard InChI is InChI=1S/C11H7N3S/c1-7-6-14-9-3-2-8(5-12)4-10(9)15-11(14)13-7/h2-4,6H,1H3. The number of aromatic nitrogens is 2. The summed E-state index contributed by atoms with van der Waals surface area (Å²) in [6.07, 6.45) is 2.01. The number of rotatable bonds is 0. The monoisotopic (exact) mass is 213 g/mol. The van der Waals surface area contributed by atoms with Crippen LogP contribution in [0.2, 0.25) is 0 Å². The molecule has 0 atom stereocenters. The molecule has 0 N–H and O–H groups in total. The van der Waals surface area contributed by atoms with Crippen molar-refractivity contribution in [3.63, 3.8) is 0 Å². The maximum atomic E-state index is 8.80. The van der Waals surface area contributed by atoms with Crippen molar-refractivity contribution in [3.05, 3.63) is 35.7 Å². The average Bonchev–Trinajstić information content (AvgIpc) is 2.72. The van der Waals surface area contributed by atoms with Crippen molar-refractivity contribution in [1.82, 2.24) is 9.38 Å². The minimum absolute atomic E-state index is 0.698. The van der Waals surface area contributed by atoms with Crippen molar-refractivity contribution in [2.75, 3.05) is 0 Å². The Kier molecular flexibility index (Phi) is 1.58. The molecule has 0 aliphatic carbocycles. The summed E-state index contributed by atoms with van der Waals surface area (Å²) < 4.78 is 3.17. The van der Waals surface area contributed by atoms with E-state index in [2.05, 4.69) is 15.5 Å². The van der Waals surface area contributed by atoms with Crippen molar-refractivity contribution < 1.29 is 0 Å². The number of fused-ring (bicyclic) bond motifs is 3. The molecule has 3 nitrogen and oxygen atoms in total. The highest BCUT2D eigenvalue weighted by Crippen LogP contribution is 2.26. The van der Waals surface area contributed by atoms with Gasteiger partial charge in [0, 0.05) is 6.20 Å². The van der Waals surface area contributed by atoms with Crippen LogP contribution in [-0.2, 0) is 0 Å². The molecule has 0 saturated heterocycles. The summed E-state index contributed by atoms with van der Waals surface area (Å²) in [6, 6.07) is 7.86. The molecule has 0 fully saturated rings. The van der Waals surface area contributed by atoms with E-state index in [9.17, 15) is 0 Å². The fourth-order valence-corrected chi connectivity index (χ4v) is 2.78. The van der Waals surface area contributed by atoms with E-state index < -0.39 is 0 Å². The topological polar surface area (TPSA) is 41.1 Å². The molecule has 1 aromatic carbocycles. The lowest BCUT2D eigenvalue weighted by Crippen LogP contribution is -1.77. The highest BCUT2D eigenvalue weighted by atomic mass is 32.1. The Bertz CT molecular complexity index is 700. The Morgan fingerprint density at radius 3 is 3.13 bits per heavy atom. The van der Waals surface area contributed by atoms with E-state index in [0.29, 0.717) is 5.56 Å². The molecule has 3 aromatic rings. The zero-order valence-electron chi connectivity index (χ0n) is 8.06. The third-order valence-corrected chi connectivity index (χ3v) is 3.36. The zero-order chi connectivity index (χ0) is 10.4. The molecular weight excluding hydrogens is 206 g/mol. The number of benzene rings is 1. The van der Waals surface area contributed by atoms with E-state index in [-0.39, 0.29) is 0 Å². The van der Waals surface area contributed by atoms with E-state index >= 15 is 0 Å². The summed E-state index contributed by atoms with van der Waals surface area (Å²) in [5.41, 5.74) is 2.84. The van der Waals surface area contributed by atoms with Gasteiger partial charge in [0.1, 0.15) is 0 Å². The lowest BCUT2D eigenvalue weighted by molar-refractivity contribution is 1.28. The van der Waals surface area contributed by atoms with E-state index in [1.807, 2.05) is 31.3 Å². The van der Waals surface area contributed by atoms with Crippen molar-refractivity contribution in [2.24, 2.45) is 0 Å². The van der Waals surface area contributed by atoms with Gasteiger partial charge in [0.05, 0.1) is 27.5 Å². The van der Waals surface area contributed by atoms with Gasteiger partial charge < -0.3 is 0 Å². The van der Waals surface area contributed by atoms with E-state index in [0.717, 1.165) is 20.9 Å². The Hall–Kier alpha value is -1.86. The van der Waals surface area contributed by atoms with Gasteiger partial charge in [-0.05, 0) is 25.1 Å². The van der Waals surface area contributed by atoms with Gasteiger partial charge in [-0.1, -0.05) is 11.3 Å². The molecule has 0 unspecified atom stereocenters. The second-order valence-corrected chi connectivity index (χ2v) is 4.44. The molecule has 4 heteroatoms. The first-order chi connectivity index (χ1) is 7.28. The van der Waals surface area contributed by atoms with Crippen LogP contribution in [0.3, 0.4) is 0 Å². The van der Waals surface area contributed by atoms with E-state index in [1.165, 1.54) is 0 Å². The van der Waals surface area contributed by atoms with Crippen molar-refractivity contribution in [2.45, 2.75) is 6.92 Å². The summed E-state index contributed by atoms with van der Waals surface area (Å²) in [6.45, 7) is 1.98. The van der Waals surface area contributed by atoms with Gasteiger partial charge in [0.15, 0.2) is 4.96 Å². The largest absolute Gasteiger partial charge is 0.290 e. The summed E-state index contributed by atoms with van der Waals surface area (Å²) in [7, 11) is 0. The van der Waals surface area contributed by atoms with Crippen molar-refractivity contribution >= 4 is 26.5 Å². The number of aryl methyl sites for hydroxylation is 1. The summed E-state index contributed by atoms with van der Waals surface area (Å²) in [4.78, 5) is 5.39. The molecule has 2 heterocycles. The highest BCUT2D eigenvalue weighted by Gasteiger charge is 2.06. The summed E-state index contributed by atoms with van der Waals surface area (Å²) >= 11 is 1.61. The Morgan fingerprint density at radius 2 is 2.33 bits per heavy atom. The Morgan fingerprint density at radius 1 is 1.47 bits per heavy atom. The molecule has 0 radical (unpaired) electrons. The second kappa shape index (κ2) is 2.81. The van der Waals surface area contributed by atoms with Gasteiger partial charge in [-0.3, -0.25) is 4.40 Å². The smallest absolute Gasteiger partial charge is 0.194 e. The van der Waals surface area contributed by atoms with Crippen LogP contribution < -0.4 is 0 Å². The number of thiazole rings is 1. The number of nitriles is 1. The van der Waals surface area contributed by atoms with Crippen molar-refractivity contribution in [1.29, 1.82) is 5.26 Å². The van der Waals surface area contributed by atoms with Crippen molar-refractivity contribution in [3.8, 4) is 6.07 Å². The molecule has 3 rings (SSSR count). The van der Waals surface area contributed by atoms with Crippen LogP contribution >= 0.6 is 11.3 Å². The van der Waals surface area contributed by atoms with E-state index in [1.54, 1.807) is 11.3 Å². The zero-order valence-corrected chi connectivity index (χ0v) is 8.88. The fraction of sp³-hybridized carbons (Fsp3) is 0.0909. The molecular formula is C11H7N3S. The quantitative estimate of drug-likeness (QED) is 0.576. The van der Waals surface area contributed by atoms with Crippen LogP contribution in [0, 0.1) is 18.3 Å². The molecule has 72 valence electrons. The van der Waals surface area contributed by atoms with Crippen LogP contribution in [0.5, 0.6) is 0 Å². The van der Waals surface area contributed by atoms with Gasteiger partial charge in [0.2, 0.25) is 0 Å². The normalized spacial score (nSPS) is 10.9. The minimum Gasteiger partial charge on any atom is -0.290 e. The lowest BCUT2D eigenvalue weighted by Gasteiger charge is -1.90. The van der Waals surface area contributed by atoms with Crippen LogP contribution in [0.15, 0.2) is 24.4 Å². The number of imidazole rings is 1. The first kappa shape index (κ1) is 8.45. The predicted molar refractivity (Wildman–Crippen MR) is 60.0 cm³/mol. The molecule has 2 aromatic heterocycles. The second-order valence-electron chi connectivity index (χ2n) is 3.43. The summed E-state index contributed by atoms with van der Waals surface area (Å²) in [5, 5.41) is 8.80. The Labute approximate surface area is 90.2 Å². The van der Waals surface area contributed by atoms with Crippen LogP contribution in [-0.4, -0.2) is 9.38 Å². The maximum Gasteiger partial charge on any atom is 0.194 e. The van der Waals surface area contributed by atoms with Gasteiger partial charge in [-0.25, -0.2) is 4.98 Å². The number of hydrogen-bond acceptors (Lipinski definition) is 3.